The van der Waals surface area contributed by atoms with Crippen LogP contribution in [0.1, 0.15) is 11.1 Å². The second kappa shape index (κ2) is 7.30. The van der Waals surface area contributed by atoms with Crippen molar-refractivity contribution in [3.05, 3.63) is 77.5 Å². The van der Waals surface area contributed by atoms with E-state index in [1.807, 2.05) is 12.1 Å². The van der Waals surface area contributed by atoms with E-state index in [0.29, 0.717) is 0 Å². The van der Waals surface area contributed by atoms with E-state index in [2.05, 4.69) is 73.9 Å². The van der Waals surface area contributed by atoms with Gasteiger partial charge in [0.15, 0.2) is 0 Å². The van der Waals surface area contributed by atoms with Crippen molar-refractivity contribution in [1.82, 2.24) is 0 Å². The van der Waals surface area contributed by atoms with Crippen LogP contribution in [0.4, 0.5) is 0 Å². The van der Waals surface area contributed by atoms with Crippen molar-refractivity contribution in [2.45, 2.75) is 26.1 Å². The first-order chi connectivity index (χ1) is 10.5. The van der Waals surface area contributed by atoms with E-state index in [4.69, 9.17) is 4.74 Å². The Hall–Kier alpha value is -2.02. The molecule has 0 aliphatic rings. The topological polar surface area (TPSA) is 9.23 Å². The Bertz CT molecular complexity index is 657. The monoisotopic (exact) mass is 308 g/mol. The Morgan fingerprint density at radius 3 is 2.18 bits per heavy atom. The van der Waals surface area contributed by atoms with Gasteiger partial charge >= 0.3 is 0 Å². The van der Waals surface area contributed by atoms with Crippen LogP contribution in [0.2, 0.25) is 19.6 Å². The SMILES string of the molecule is COc1ccc(CC=C=C(c2ccccc2)[Si](C)(C)C)cc1. The van der Waals surface area contributed by atoms with Crippen LogP contribution in [0.15, 0.2) is 66.4 Å². The van der Waals surface area contributed by atoms with Gasteiger partial charge in [0.2, 0.25) is 0 Å². The predicted molar refractivity (Wildman–Crippen MR) is 98.0 cm³/mol. The first-order valence-corrected chi connectivity index (χ1v) is 11.1. The molecule has 1 nitrogen and oxygen atoms in total. The van der Waals surface area contributed by atoms with Crippen molar-refractivity contribution in [1.29, 1.82) is 0 Å². The average Bonchev–Trinajstić information content (AvgIpc) is 2.52. The van der Waals surface area contributed by atoms with Crippen molar-refractivity contribution in [2.75, 3.05) is 7.11 Å². The summed E-state index contributed by atoms with van der Waals surface area (Å²) in [6.07, 6.45) is 3.05. The minimum absolute atomic E-state index is 0.894. The molecule has 2 aromatic rings. The van der Waals surface area contributed by atoms with Crippen LogP contribution in [0, 0.1) is 0 Å². The third-order valence-electron chi connectivity index (χ3n) is 3.56. The Morgan fingerprint density at radius 2 is 1.64 bits per heavy atom. The highest BCUT2D eigenvalue weighted by Crippen LogP contribution is 2.24. The zero-order valence-corrected chi connectivity index (χ0v) is 14.9. The summed E-state index contributed by atoms with van der Waals surface area (Å²) >= 11 is 0. The van der Waals surface area contributed by atoms with E-state index in [1.165, 1.54) is 16.3 Å². The average molecular weight is 308 g/mol. The minimum Gasteiger partial charge on any atom is -0.497 e. The van der Waals surface area contributed by atoms with E-state index < -0.39 is 8.07 Å². The lowest BCUT2D eigenvalue weighted by atomic mass is 10.1. The number of ether oxygens (including phenoxy) is 1. The number of hydrogen-bond acceptors (Lipinski definition) is 1. The molecule has 0 heterocycles. The standard InChI is InChI=1S/C20H24OSi/c1-21-19-15-13-17(14-16-19)9-8-12-20(22(2,3)4)18-10-6-5-7-11-18/h5-8,10-11,13-16H,9H2,1-4H3. The van der Waals surface area contributed by atoms with Gasteiger partial charge in [0.25, 0.3) is 0 Å². The highest BCUT2D eigenvalue weighted by Gasteiger charge is 2.20. The second-order valence-electron chi connectivity index (χ2n) is 6.39. The van der Waals surface area contributed by atoms with Crippen LogP contribution in [0.25, 0.3) is 5.20 Å². The molecular weight excluding hydrogens is 284 g/mol. The molecule has 0 saturated carbocycles. The molecule has 2 rings (SSSR count). The smallest absolute Gasteiger partial charge is 0.118 e. The van der Waals surface area contributed by atoms with Gasteiger partial charge in [-0.15, -0.1) is 5.73 Å². The fraction of sp³-hybridized carbons (Fsp3) is 0.250. The summed E-state index contributed by atoms with van der Waals surface area (Å²) in [6, 6.07) is 18.8. The molecule has 0 bridgehead atoms. The zero-order chi connectivity index (χ0) is 16.0. The molecule has 0 fully saturated rings. The summed E-state index contributed by atoms with van der Waals surface area (Å²) in [4.78, 5) is 0. The molecule has 22 heavy (non-hydrogen) atoms. The van der Waals surface area contributed by atoms with Crippen molar-refractivity contribution in [3.63, 3.8) is 0 Å². The lowest BCUT2D eigenvalue weighted by molar-refractivity contribution is 0.414. The van der Waals surface area contributed by atoms with Gasteiger partial charge in [-0.1, -0.05) is 62.1 Å². The van der Waals surface area contributed by atoms with Gasteiger partial charge in [0.1, 0.15) is 5.75 Å². The first-order valence-electron chi connectivity index (χ1n) is 7.64. The Labute approximate surface area is 135 Å². The summed E-state index contributed by atoms with van der Waals surface area (Å²) in [5.41, 5.74) is 6.15. The Morgan fingerprint density at radius 1 is 1.00 bits per heavy atom. The number of benzene rings is 2. The van der Waals surface area contributed by atoms with Gasteiger partial charge in [0, 0.05) is 0 Å². The fourth-order valence-electron chi connectivity index (χ4n) is 2.37. The van der Waals surface area contributed by atoms with Gasteiger partial charge in [-0.05, 0) is 41.0 Å². The van der Waals surface area contributed by atoms with E-state index >= 15 is 0 Å². The maximum atomic E-state index is 5.19. The quantitative estimate of drug-likeness (QED) is 0.534. The molecule has 0 unspecified atom stereocenters. The molecule has 0 N–H and O–H groups in total. The second-order valence-corrected chi connectivity index (χ2v) is 11.4. The van der Waals surface area contributed by atoms with E-state index in [1.54, 1.807) is 7.11 Å². The molecule has 0 aliphatic heterocycles. The van der Waals surface area contributed by atoms with Gasteiger partial charge in [-0.2, -0.15) is 0 Å². The maximum absolute atomic E-state index is 5.19. The van der Waals surface area contributed by atoms with E-state index in [9.17, 15) is 0 Å². The molecule has 0 amide bonds. The first kappa shape index (κ1) is 16.3. The highest BCUT2D eigenvalue weighted by atomic mass is 28.3. The van der Waals surface area contributed by atoms with Crippen LogP contribution in [-0.2, 0) is 6.42 Å². The third kappa shape index (κ3) is 4.49. The largest absolute Gasteiger partial charge is 0.497 e. The zero-order valence-electron chi connectivity index (χ0n) is 13.9. The van der Waals surface area contributed by atoms with Crippen molar-refractivity contribution >= 4 is 13.3 Å². The van der Waals surface area contributed by atoms with Crippen molar-refractivity contribution in [2.24, 2.45) is 0 Å². The van der Waals surface area contributed by atoms with Crippen LogP contribution < -0.4 is 4.74 Å². The summed E-state index contributed by atoms with van der Waals surface area (Å²) in [6.45, 7) is 7.09. The normalized spacial score (nSPS) is 10.7. The van der Waals surface area contributed by atoms with E-state index in [-0.39, 0.29) is 0 Å². The molecule has 2 aromatic carbocycles. The lowest BCUT2D eigenvalue weighted by Crippen LogP contribution is -2.22. The molecule has 0 spiro atoms. The minimum atomic E-state index is -1.43. The Balaban J connectivity index is 2.25. The van der Waals surface area contributed by atoms with Crippen LogP contribution in [0.3, 0.4) is 0 Å². The maximum Gasteiger partial charge on any atom is 0.118 e. The summed E-state index contributed by atoms with van der Waals surface area (Å²) in [5.74, 6) is 0.898. The molecule has 0 aromatic heterocycles. The molecule has 0 radical (unpaired) electrons. The van der Waals surface area contributed by atoms with Gasteiger partial charge < -0.3 is 4.74 Å². The summed E-state index contributed by atoms with van der Waals surface area (Å²) in [7, 11) is 0.266. The number of hydrogen-bond donors (Lipinski definition) is 0. The molecule has 0 aliphatic carbocycles. The van der Waals surface area contributed by atoms with Crippen LogP contribution in [-0.4, -0.2) is 15.2 Å². The number of methoxy groups -OCH3 is 1. The van der Waals surface area contributed by atoms with Crippen molar-refractivity contribution in [3.8, 4) is 5.75 Å². The molecule has 0 atom stereocenters. The lowest BCUT2D eigenvalue weighted by Gasteiger charge is -2.19. The van der Waals surface area contributed by atoms with Gasteiger partial charge in [0.05, 0.1) is 15.2 Å². The third-order valence-corrected chi connectivity index (χ3v) is 5.49. The molecular formula is C20H24OSi. The van der Waals surface area contributed by atoms with Crippen molar-refractivity contribution < 1.29 is 4.74 Å². The Kier molecular flexibility index (Phi) is 5.43. The van der Waals surface area contributed by atoms with Gasteiger partial charge in [-0.25, -0.2) is 0 Å². The highest BCUT2D eigenvalue weighted by molar-refractivity contribution is 6.93. The van der Waals surface area contributed by atoms with Crippen LogP contribution in [0.5, 0.6) is 5.75 Å². The van der Waals surface area contributed by atoms with E-state index in [0.717, 1.165) is 12.2 Å². The fourth-order valence-corrected chi connectivity index (χ4v) is 3.94. The number of rotatable bonds is 5. The van der Waals surface area contributed by atoms with Crippen LogP contribution >= 0.6 is 0 Å². The summed E-state index contributed by atoms with van der Waals surface area (Å²) < 4.78 is 5.19. The number of allylic oxidation sites excluding steroid dienone is 1. The molecule has 0 saturated heterocycles. The van der Waals surface area contributed by atoms with Gasteiger partial charge in [-0.3, -0.25) is 0 Å². The summed E-state index contributed by atoms with van der Waals surface area (Å²) in [5, 5.41) is 1.38. The molecule has 114 valence electrons. The molecule has 2 heteroatoms. The predicted octanol–water partition coefficient (Wildman–Crippen LogP) is 5.35.